The van der Waals surface area contributed by atoms with Crippen LogP contribution in [0.1, 0.15) is 19.3 Å². The molecule has 1 amide bonds. The Hall–Kier alpha value is -2.48. The molecule has 7 nitrogen and oxygen atoms in total. The molecular formula is C18H21N3O4S. The maximum atomic E-state index is 12.4. The Labute approximate surface area is 155 Å². The van der Waals surface area contributed by atoms with E-state index in [1.54, 1.807) is 31.4 Å². The van der Waals surface area contributed by atoms with E-state index in [1.807, 2.05) is 4.90 Å². The van der Waals surface area contributed by atoms with Gasteiger partial charge in [0.15, 0.2) is 5.16 Å². The van der Waals surface area contributed by atoms with Crippen molar-refractivity contribution < 1.29 is 14.6 Å². The molecule has 8 heteroatoms. The number of likely N-dealkylation sites (tertiary alicyclic amines) is 1. The molecule has 0 spiro atoms. The highest BCUT2D eigenvalue weighted by molar-refractivity contribution is 7.99. The van der Waals surface area contributed by atoms with E-state index in [-0.39, 0.29) is 22.7 Å². The lowest BCUT2D eigenvalue weighted by molar-refractivity contribution is -0.129. The van der Waals surface area contributed by atoms with Gasteiger partial charge < -0.3 is 14.7 Å². The van der Waals surface area contributed by atoms with E-state index in [4.69, 9.17) is 4.74 Å². The molecule has 1 aromatic heterocycles. The van der Waals surface area contributed by atoms with Gasteiger partial charge in [-0.3, -0.25) is 14.2 Å². The van der Waals surface area contributed by atoms with Crippen molar-refractivity contribution in [3.63, 3.8) is 0 Å². The summed E-state index contributed by atoms with van der Waals surface area (Å²) < 4.78 is 6.51. The summed E-state index contributed by atoms with van der Waals surface area (Å²) in [7, 11) is 1.57. The van der Waals surface area contributed by atoms with Gasteiger partial charge in [0, 0.05) is 13.1 Å². The van der Waals surface area contributed by atoms with E-state index in [0.29, 0.717) is 11.4 Å². The van der Waals surface area contributed by atoms with Crippen LogP contribution in [0.5, 0.6) is 11.6 Å². The van der Waals surface area contributed by atoms with Crippen LogP contribution in [0.2, 0.25) is 0 Å². The molecule has 1 fully saturated rings. The van der Waals surface area contributed by atoms with Crippen molar-refractivity contribution in [2.45, 2.75) is 24.4 Å². The number of ether oxygens (including phenoxy) is 1. The lowest BCUT2D eigenvalue weighted by Crippen LogP contribution is -2.36. The SMILES string of the molecule is COc1ccc(-n2c(SCC(=O)N3CCCCC3)nc(O)cc2=O)cc1. The lowest BCUT2D eigenvalue weighted by Gasteiger charge is -2.26. The van der Waals surface area contributed by atoms with Crippen LogP contribution in [0.4, 0.5) is 0 Å². The Morgan fingerprint density at radius 3 is 2.58 bits per heavy atom. The number of methoxy groups -OCH3 is 1. The maximum absolute atomic E-state index is 12.4. The first kappa shape index (κ1) is 18.3. The standard InChI is InChI=1S/C18H21N3O4S/c1-25-14-7-5-13(6-8-14)21-16(23)11-15(22)19-18(21)26-12-17(24)20-9-3-2-4-10-20/h5-8,11,22H,2-4,9-10,12H2,1H3. The van der Waals surface area contributed by atoms with Gasteiger partial charge in [0.25, 0.3) is 5.56 Å². The summed E-state index contributed by atoms with van der Waals surface area (Å²) in [5.74, 6) is 0.510. The number of hydrogen-bond acceptors (Lipinski definition) is 6. The Bertz CT molecular complexity index is 829. The van der Waals surface area contributed by atoms with Gasteiger partial charge >= 0.3 is 0 Å². The van der Waals surface area contributed by atoms with Crippen molar-refractivity contribution in [3.8, 4) is 17.3 Å². The number of piperidine rings is 1. The molecule has 2 aromatic rings. The monoisotopic (exact) mass is 375 g/mol. The summed E-state index contributed by atoms with van der Waals surface area (Å²) in [6.07, 6.45) is 3.21. The van der Waals surface area contributed by atoms with Gasteiger partial charge in [-0.05, 0) is 43.5 Å². The molecule has 1 aromatic carbocycles. The highest BCUT2D eigenvalue weighted by atomic mass is 32.2. The maximum Gasteiger partial charge on any atom is 0.262 e. The van der Waals surface area contributed by atoms with E-state index in [0.717, 1.165) is 50.2 Å². The van der Waals surface area contributed by atoms with Crippen molar-refractivity contribution in [1.29, 1.82) is 0 Å². The zero-order valence-corrected chi connectivity index (χ0v) is 15.4. The van der Waals surface area contributed by atoms with Crippen LogP contribution in [0.15, 0.2) is 40.3 Å². The Morgan fingerprint density at radius 2 is 1.92 bits per heavy atom. The number of nitrogens with zero attached hydrogens (tertiary/aromatic N) is 3. The fourth-order valence-corrected chi connectivity index (χ4v) is 3.79. The van der Waals surface area contributed by atoms with Gasteiger partial charge in [-0.25, -0.2) is 0 Å². The number of thioether (sulfide) groups is 1. The third kappa shape index (κ3) is 4.19. The largest absolute Gasteiger partial charge is 0.497 e. The van der Waals surface area contributed by atoms with Gasteiger partial charge in [0.2, 0.25) is 11.8 Å². The molecule has 138 valence electrons. The summed E-state index contributed by atoms with van der Waals surface area (Å²) in [6, 6.07) is 8.00. The number of aromatic hydroxyl groups is 1. The van der Waals surface area contributed by atoms with Crippen molar-refractivity contribution in [2.75, 3.05) is 26.0 Å². The minimum atomic E-state index is -0.407. The van der Waals surface area contributed by atoms with Crippen LogP contribution in [-0.2, 0) is 4.79 Å². The predicted octanol–water partition coefficient (Wildman–Crippen LogP) is 2.05. The van der Waals surface area contributed by atoms with E-state index in [1.165, 1.54) is 4.57 Å². The Balaban J connectivity index is 1.83. The summed E-state index contributed by atoms with van der Waals surface area (Å²) in [5.41, 5.74) is 0.187. The Kier molecular flexibility index (Phi) is 5.82. The van der Waals surface area contributed by atoms with Crippen LogP contribution in [0.3, 0.4) is 0 Å². The van der Waals surface area contributed by atoms with Gasteiger partial charge in [-0.1, -0.05) is 11.8 Å². The predicted molar refractivity (Wildman–Crippen MR) is 99.2 cm³/mol. The second-order valence-corrected chi connectivity index (χ2v) is 6.94. The number of carbonyl (C=O) groups excluding carboxylic acids is 1. The van der Waals surface area contributed by atoms with Crippen LogP contribution in [-0.4, -0.2) is 51.4 Å². The summed E-state index contributed by atoms with van der Waals surface area (Å²) in [4.78, 5) is 30.7. The Morgan fingerprint density at radius 1 is 1.23 bits per heavy atom. The van der Waals surface area contributed by atoms with E-state index in [9.17, 15) is 14.7 Å². The van der Waals surface area contributed by atoms with E-state index in [2.05, 4.69) is 4.98 Å². The number of rotatable bonds is 5. The minimum absolute atomic E-state index is 0.0218. The number of benzene rings is 1. The second-order valence-electron chi connectivity index (χ2n) is 6.00. The van der Waals surface area contributed by atoms with Gasteiger partial charge in [-0.15, -0.1) is 0 Å². The summed E-state index contributed by atoms with van der Waals surface area (Å²) in [5, 5.41) is 9.99. The zero-order chi connectivity index (χ0) is 18.5. The van der Waals surface area contributed by atoms with Crippen molar-refractivity contribution >= 4 is 17.7 Å². The fraction of sp³-hybridized carbons (Fsp3) is 0.389. The normalized spacial score (nSPS) is 14.3. The van der Waals surface area contributed by atoms with E-state index >= 15 is 0 Å². The number of hydrogen-bond donors (Lipinski definition) is 1. The molecule has 0 aliphatic carbocycles. The third-order valence-corrected chi connectivity index (χ3v) is 5.16. The average Bonchev–Trinajstić information content (AvgIpc) is 2.66. The van der Waals surface area contributed by atoms with Crippen molar-refractivity contribution in [2.24, 2.45) is 0 Å². The topological polar surface area (TPSA) is 84.7 Å². The second kappa shape index (κ2) is 8.27. The molecule has 1 saturated heterocycles. The lowest BCUT2D eigenvalue weighted by atomic mass is 10.1. The highest BCUT2D eigenvalue weighted by Gasteiger charge is 2.18. The first-order valence-electron chi connectivity index (χ1n) is 8.46. The molecule has 2 heterocycles. The minimum Gasteiger partial charge on any atom is -0.497 e. The zero-order valence-electron chi connectivity index (χ0n) is 14.6. The summed E-state index contributed by atoms with van der Waals surface area (Å²) in [6.45, 7) is 1.55. The van der Waals surface area contributed by atoms with Gasteiger partial charge in [-0.2, -0.15) is 4.98 Å². The first-order valence-corrected chi connectivity index (χ1v) is 9.45. The van der Waals surface area contributed by atoms with Crippen LogP contribution in [0, 0.1) is 0 Å². The average molecular weight is 375 g/mol. The molecule has 0 atom stereocenters. The number of carbonyl (C=O) groups is 1. The van der Waals surface area contributed by atoms with Crippen molar-refractivity contribution in [3.05, 3.63) is 40.7 Å². The van der Waals surface area contributed by atoms with Crippen LogP contribution < -0.4 is 10.3 Å². The fourth-order valence-electron chi connectivity index (χ4n) is 2.88. The first-order chi connectivity index (χ1) is 12.6. The van der Waals surface area contributed by atoms with E-state index < -0.39 is 5.56 Å². The van der Waals surface area contributed by atoms with Gasteiger partial charge in [0.1, 0.15) is 5.75 Å². The smallest absolute Gasteiger partial charge is 0.262 e. The molecule has 1 N–H and O–H groups in total. The molecule has 1 aliphatic rings. The van der Waals surface area contributed by atoms with Gasteiger partial charge in [0.05, 0.1) is 24.6 Å². The number of aromatic nitrogens is 2. The molecule has 0 saturated carbocycles. The molecular weight excluding hydrogens is 354 g/mol. The molecule has 26 heavy (non-hydrogen) atoms. The molecule has 0 bridgehead atoms. The highest BCUT2D eigenvalue weighted by Crippen LogP contribution is 2.22. The molecule has 0 unspecified atom stereocenters. The molecule has 0 radical (unpaired) electrons. The van der Waals surface area contributed by atoms with Crippen LogP contribution >= 0.6 is 11.8 Å². The molecule has 3 rings (SSSR count). The quantitative estimate of drug-likeness (QED) is 0.636. The van der Waals surface area contributed by atoms with Crippen molar-refractivity contribution in [1.82, 2.24) is 14.5 Å². The third-order valence-electron chi connectivity index (χ3n) is 4.24. The summed E-state index contributed by atoms with van der Waals surface area (Å²) >= 11 is 1.15. The molecule has 1 aliphatic heterocycles. The van der Waals surface area contributed by atoms with Crippen LogP contribution in [0.25, 0.3) is 5.69 Å². The number of amides is 1.